The second-order valence-electron chi connectivity index (χ2n) is 6.38. The molecule has 2 rings (SSSR count). The van der Waals surface area contributed by atoms with Crippen LogP contribution in [0.1, 0.15) is 36.0 Å². The topological polar surface area (TPSA) is 80.8 Å². The number of ether oxygens (including phenoxy) is 1. The molecule has 7 nitrogen and oxygen atoms in total. The highest BCUT2D eigenvalue weighted by atomic mass is 79.9. The van der Waals surface area contributed by atoms with Crippen LogP contribution in [0.2, 0.25) is 5.02 Å². The second-order valence-corrected chi connectivity index (χ2v) is 8.54. The first-order valence-electron chi connectivity index (χ1n) is 7.86. The fourth-order valence-corrected chi connectivity index (χ4v) is 3.68. The van der Waals surface area contributed by atoms with Crippen LogP contribution in [-0.4, -0.2) is 34.8 Å². The van der Waals surface area contributed by atoms with Gasteiger partial charge in [-0.25, -0.2) is 14.8 Å². The molecule has 0 fully saturated rings. The SMILES string of the molecule is CON(Cc1ccccc1Cl)C(=O)c1sc(NC(=O)OC(C)(C)C)nc1Br. The Hall–Kier alpha value is -1.68. The second kappa shape index (κ2) is 9.01. The molecule has 2 aromatic rings. The maximum absolute atomic E-state index is 12.8. The van der Waals surface area contributed by atoms with Crippen molar-refractivity contribution in [3.8, 4) is 0 Å². The number of anilines is 1. The van der Waals surface area contributed by atoms with E-state index in [1.807, 2.05) is 6.07 Å². The number of amides is 2. The van der Waals surface area contributed by atoms with E-state index in [-0.39, 0.29) is 16.6 Å². The summed E-state index contributed by atoms with van der Waals surface area (Å²) in [6.45, 7) is 5.42. The van der Waals surface area contributed by atoms with Crippen LogP contribution < -0.4 is 5.32 Å². The summed E-state index contributed by atoms with van der Waals surface area (Å²) in [6.07, 6.45) is -0.651. The zero-order valence-electron chi connectivity index (χ0n) is 15.2. The van der Waals surface area contributed by atoms with E-state index in [2.05, 4.69) is 26.2 Å². The maximum Gasteiger partial charge on any atom is 0.413 e. The summed E-state index contributed by atoms with van der Waals surface area (Å²) >= 11 is 10.4. The number of carbonyl (C=O) groups excluding carboxylic acids is 2. The van der Waals surface area contributed by atoms with Gasteiger partial charge in [0.1, 0.15) is 15.1 Å². The van der Waals surface area contributed by atoms with E-state index in [1.54, 1.807) is 39.0 Å². The van der Waals surface area contributed by atoms with Gasteiger partial charge in [0.15, 0.2) is 5.13 Å². The van der Waals surface area contributed by atoms with Crippen molar-refractivity contribution in [1.82, 2.24) is 10.0 Å². The minimum absolute atomic E-state index is 0.161. The van der Waals surface area contributed by atoms with Crippen molar-refractivity contribution in [3.63, 3.8) is 0 Å². The van der Waals surface area contributed by atoms with Crippen LogP contribution in [0.15, 0.2) is 28.9 Å². The Labute approximate surface area is 174 Å². The van der Waals surface area contributed by atoms with E-state index in [1.165, 1.54) is 7.11 Å². The Morgan fingerprint density at radius 3 is 2.59 bits per heavy atom. The largest absolute Gasteiger partial charge is 0.444 e. The number of benzene rings is 1. The number of hydrogen-bond donors (Lipinski definition) is 1. The molecule has 0 aliphatic carbocycles. The summed E-state index contributed by atoms with van der Waals surface area (Å²) in [4.78, 5) is 34.3. The number of nitrogens with zero attached hydrogens (tertiary/aromatic N) is 2. The molecule has 0 bridgehead atoms. The van der Waals surface area contributed by atoms with Crippen molar-refractivity contribution in [2.75, 3.05) is 12.4 Å². The Morgan fingerprint density at radius 1 is 1.33 bits per heavy atom. The smallest absolute Gasteiger partial charge is 0.413 e. The highest BCUT2D eigenvalue weighted by molar-refractivity contribution is 9.10. The van der Waals surface area contributed by atoms with E-state index < -0.39 is 17.6 Å². The molecule has 27 heavy (non-hydrogen) atoms. The molecule has 146 valence electrons. The Bertz CT molecular complexity index is 838. The van der Waals surface area contributed by atoms with Gasteiger partial charge in [-0.15, -0.1) is 0 Å². The number of thiazole rings is 1. The molecule has 1 aromatic heterocycles. The zero-order valence-corrected chi connectivity index (χ0v) is 18.4. The molecule has 0 unspecified atom stereocenters. The molecule has 0 spiro atoms. The fraction of sp³-hybridized carbons (Fsp3) is 0.353. The van der Waals surface area contributed by atoms with Crippen LogP contribution in [0.25, 0.3) is 0 Å². The van der Waals surface area contributed by atoms with Crippen LogP contribution in [0.3, 0.4) is 0 Å². The predicted octanol–water partition coefficient (Wildman–Crippen LogP) is 5.11. The van der Waals surface area contributed by atoms with Crippen LogP contribution in [0.5, 0.6) is 0 Å². The van der Waals surface area contributed by atoms with Crippen molar-refractivity contribution >= 4 is 56.0 Å². The summed E-state index contributed by atoms with van der Waals surface area (Å²) < 4.78 is 5.47. The van der Waals surface area contributed by atoms with Gasteiger partial charge in [-0.2, -0.15) is 0 Å². The molecule has 10 heteroatoms. The third-order valence-corrected chi connectivity index (χ3v) is 5.27. The Morgan fingerprint density at radius 2 is 2.00 bits per heavy atom. The molecule has 1 aromatic carbocycles. The molecule has 1 N–H and O–H groups in total. The minimum atomic E-state index is -0.651. The first-order chi connectivity index (χ1) is 12.6. The number of halogens is 2. The first kappa shape index (κ1) is 21.6. The van der Waals surface area contributed by atoms with E-state index in [0.29, 0.717) is 9.63 Å². The van der Waals surface area contributed by atoms with Gasteiger partial charge in [0, 0.05) is 5.02 Å². The Kier molecular flexibility index (Phi) is 7.21. The molecule has 1 heterocycles. The normalized spacial score (nSPS) is 11.2. The van der Waals surface area contributed by atoms with Gasteiger partial charge in [0.25, 0.3) is 5.91 Å². The van der Waals surface area contributed by atoms with Gasteiger partial charge in [-0.1, -0.05) is 41.1 Å². The summed E-state index contributed by atoms with van der Waals surface area (Å²) in [7, 11) is 1.39. The van der Waals surface area contributed by atoms with E-state index in [9.17, 15) is 9.59 Å². The summed E-state index contributed by atoms with van der Waals surface area (Å²) in [5, 5.41) is 4.44. The van der Waals surface area contributed by atoms with Gasteiger partial charge in [-0.3, -0.25) is 14.9 Å². The lowest BCUT2D eigenvalue weighted by atomic mass is 10.2. The predicted molar refractivity (Wildman–Crippen MR) is 108 cm³/mol. The molecule has 0 atom stereocenters. The number of rotatable bonds is 5. The fourth-order valence-electron chi connectivity index (χ4n) is 1.99. The minimum Gasteiger partial charge on any atom is -0.444 e. The van der Waals surface area contributed by atoms with E-state index in [4.69, 9.17) is 21.2 Å². The average Bonchev–Trinajstić information content (AvgIpc) is 2.91. The maximum atomic E-state index is 12.8. The molecule has 0 saturated carbocycles. The number of nitrogens with one attached hydrogen (secondary N) is 1. The Balaban J connectivity index is 2.14. The van der Waals surface area contributed by atoms with Gasteiger partial charge in [-0.05, 0) is 48.3 Å². The summed E-state index contributed by atoms with van der Waals surface area (Å²) in [6, 6.07) is 7.17. The van der Waals surface area contributed by atoms with Crippen molar-refractivity contribution in [2.45, 2.75) is 32.9 Å². The van der Waals surface area contributed by atoms with Gasteiger partial charge >= 0.3 is 6.09 Å². The number of hydroxylamine groups is 2. The van der Waals surface area contributed by atoms with Crippen LogP contribution in [-0.2, 0) is 16.1 Å². The lowest BCUT2D eigenvalue weighted by Crippen LogP contribution is -2.29. The van der Waals surface area contributed by atoms with Crippen LogP contribution in [0, 0.1) is 0 Å². The van der Waals surface area contributed by atoms with Crippen LogP contribution in [0.4, 0.5) is 9.93 Å². The summed E-state index contributed by atoms with van der Waals surface area (Å²) in [5.74, 6) is -0.418. The van der Waals surface area contributed by atoms with E-state index >= 15 is 0 Å². The third kappa shape index (κ3) is 6.17. The molecular formula is C17H19BrClN3O4S. The lowest BCUT2D eigenvalue weighted by Gasteiger charge is -2.19. The van der Waals surface area contributed by atoms with Gasteiger partial charge < -0.3 is 4.74 Å². The number of hydrogen-bond acceptors (Lipinski definition) is 6. The van der Waals surface area contributed by atoms with E-state index in [0.717, 1.165) is 22.0 Å². The quantitative estimate of drug-likeness (QED) is 0.607. The summed E-state index contributed by atoms with van der Waals surface area (Å²) in [5.41, 5.74) is 0.0982. The molecule has 0 saturated heterocycles. The molecule has 0 radical (unpaired) electrons. The van der Waals surface area contributed by atoms with Crippen LogP contribution >= 0.6 is 38.9 Å². The highest BCUT2D eigenvalue weighted by Gasteiger charge is 2.25. The van der Waals surface area contributed by atoms with Gasteiger partial charge in [0.05, 0.1) is 13.7 Å². The lowest BCUT2D eigenvalue weighted by molar-refractivity contribution is -0.101. The zero-order chi connectivity index (χ0) is 20.2. The highest BCUT2D eigenvalue weighted by Crippen LogP contribution is 2.30. The first-order valence-corrected chi connectivity index (χ1v) is 9.85. The monoisotopic (exact) mass is 475 g/mol. The third-order valence-electron chi connectivity index (χ3n) is 3.11. The standard InChI is InChI=1S/C17H19BrClN3O4S/c1-17(2,3)26-16(24)21-15-20-13(18)12(27-15)14(23)22(25-4)9-10-7-5-6-8-11(10)19/h5-8H,9H2,1-4H3,(H,20,21,24). The van der Waals surface area contributed by atoms with Crippen molar-refractivity contribution in [2.24, 2.45) is 0 Å². The van der Waals surface area contributed by atoms with Crippen molar-refractivity contribution < 1.29 is 19.2 Å². The van der Waals surface area contributed by atoms with Crippen molar-refractivity contribution in [3.05, 3.63) is 44.3 Å². The number of aromatic nitrogens is 1. The van der Waals surface area contributed by atoms with Gasteiger partial charge in [0.2, 0.25) is 0 Å². The molecular weight excluding hydrogens is 458 g/mol. The molecule has 0 aliphatic rings. The number of carbonyl (C=O) groups is 2. The average molecular weight is 477 g/mol. The molecule has 2 amide bonds. The molecule has 0 aliphatic heterocycles. The van der Waals surface area contributed by atoms with Crippen molar-refractivity contribution in [1.29, 1.82) is 0 Å².